The van der Waals surface area contributed by atoms with Crippen molar-refractivity contribution in [2.45, 2.75) is 45.3 Å². The van der Waals surface area contributed by atoms with E-state index in [1.54, 1.807) is 6.07 Å². The maximum Gasteiger partial charge on any atom is 0.338 e. The first kappa shape index (κ1) is 13.9. The van der Waals surface area contributed by atoms with Crippen LogP contribution in [0.15, 0.2) is 6.07 Å². The van der Waals surface area contributed by atoms with Crippen LogP contribution in [0.4, 0.5) is 0 Å². The van der Waals surface area contributed by atoms with Gasteiger partial charge >= 0.3 is 5.97 Å². The Labute approximate surface area is 123 Å². The monoisotopic (exact) mass is 290 g/mol. The van der Waals surface area contributed by atoms with Crippen molar-refractivity contribution >= 4 is 11.8 Å². The van der Waals surface area contributed by atoms with Crippen molar-refractivity contribution in [1.82, 2.24) is 0 Å². The normalized spacial score (nSPS) is 22.8. The van der Waals surface area contributed by atoms with Crippen molar-refractivity contribution in [2.24, 2.45) is 0 Å². The molecule has 0 saturated carbocycles. The smallest absolute Gasteiger partial charge is 0.338 e. The molecule has 1 atom stereocenters. The molecule has 2 aliphatic rings. The van der Waals surface area contributed by atoms with Gasteiger partial charge in [-0.1, -0.05) is 0 Å². The van der Waals surface area contributed by atoms with Gasteiger partial charge in [-0.2, -0.15) is 0 Å². The quantitative estimate of drug-likeness (QED) is 0.744. The molecule has 0 spiro atoms. The number of rotatable bonds is 1. The molecule has 0 fully saturated rings. The lowest BCUT2D eigenvalue weighted by atomic mass is 9.85. The Kier molecular flexibility index (Phi) is 2.97. The minimum absolute atomic E-state index is 0.0155. The van der Waals surface area contributed by atoms with E-state index in [1.807, 2.05) is 20.8 Å². The van der Waals surface area contributed by atoms with Crippen molar-refractivity contribution in [2.75, 3.05) is 7.11 Å². The van der Waals surface area contributed by atoms with Crippen molar-refractivity contribution in [3.05, 3.63) is 22.8 Å². The van der Waals surface area contributed by atoms with Crippen LogP contribution in [-0.2, 0) is 11.2 Å². The lowest BCUT2D eigenvalue weighted by Crippen LogP contribution is -2.38. The van der Waals surface area contributed by atoms with Crippen LogP contribution in [0, 0.1) is 0 Å². The molecule has 1 unspecified atom stereocenters. The van der Waals surface area contributed by atoms with Crippen LogP contribution < -0.4 is 9.47 Å². The molecule has 21 heavy (non-hydrogen) atoms. The summed E-state index contributed by atoms with van der Waals surface area (Å²) < 4.78 is 16.5. The fourth-order valence-corrected chi connectivity index (χ4v) is 2.98. The van der Waals surface area contributed by atoms with Crippen molar-refractivity contribution in [1.29, 1.82) is 0 Å². The van der Waals surface area contributed by atoms with E-state index in [-0.39, 0.29) is 18.3 Å². The Balaban J connectivity index is 2.27. The molecule has 2 heterocycles. The number of Topliss-reactive ketones (excluding diaryl/α,β-unsaturated/α-hetero) is 1. The fraction of sp³-hybridized carbons (Fsp3) is 0.500. The maximum atomic E-state index is 12.6. The number of hydrogen-bond donors (Lipinski definition) is 0. The van der Waals surface area contributed by atoms with Crippen molar-refractivity contribution in [3.63, 3.8) is 0 Å². The second kappa shape index (κ2) is 4.48. The third-order valence-corrected chi connectivity index (χ3v) is 3.84. The van der Waals surface area contributed by atoms with Crippen LogP contribution in [0.5, 0.6) is 11.5 Å². The zero-order valence-electron chi connectivity index (χ0n) is 12.6. The number of methoxy groups -OCH3 is 1. The summed E-state index contributed by atoms with van der Waals surface area (Å²) in [4.78, 5) is 24.6. The number of ketones is 1. The number of esters is 1. The van der Waals surface area contributed by atoms with Gasteiger partial charge in [-0.15, -0.1) is 0 Å². The molecule has 112 valence electrons. The maximum absolute atomic E-state index is 12.6. The summed E-state index contributed by atoms with van der Waals surface area (Å²) in [7, 11) is 1.49. The molecule has 0 amide bonds. The molecule has 5 nitrogen and oxygen atoms in total. The molecule has 0 radical (unpaired) electrons. The molecular formula is C16H18O5. The van der Waals surface area contributed by atoms with Gasteiger partial charge in [0.25, 0.3) is 0 Å². The number of cyclic esters (lactones) is 1. The highest BCUT2D eigenvalue weighted by Crippen LogP contribution is 2.44. The number of fused-ring (bicyclic) bond motifs is 3. The number of ether oxygens (including phenoxy) is 3. The standard InChI is InChI=1S/C16H18O5/c1-8-5-9-10(15(18)20-8)6-12(19-4)14-13(9)11(17)7-16(2,3)21-14/h6,8H,5,7H2,1-4H3. The van der Waals surface area contributed by atoms with Gasteiger partial charge in [-0.25, -0.2) is 4.79 Å². The van der Waals surface area contributed by atoms with E-state index in [2.05, 4.69) is 0 Å². The summed E-state index contributed by atoms with van der Waals surface area (Å²) in [5.41, 5.74) is 1.02. The van der Waals surface area contributed by atoms with Gasteiger partial charge in [0.1, 0.15) is 11.7 Å². The predicted octanol–water partition coefficient (Wildman–Crippen LogP) is 2.54. The largest absolute Gasteiger partial charge is 0.493 e. The Hall–Kier alpha value is -2.04. The van der Waals surface area contributed by atoms with Gasteiger partial charge < -0.3 is 14.2 Å². The highest BCUT2D eigenvalue weighted by atomic mass is 16.5. The Bertz CT molecular complexity index is 645. The third kappa shape index (κ3) is 2.17. The molecule has 0 aliphatic carbocycles. The summed E-state index contributed by atoms with van der Waals surface area (Å²) in [5, 5.41) is 0. The van der Waals surface area contributed by atoms with E-state index >= 15 is 0 Å². The van der Waals surface area contributed by atoms with Gasteiger partial charge in [0, 0.05) is 6.42 Å². The van der Waals surface area contributed by atoms with E-state index in [9.17, 15) is 9.59 Å². The first-order valence-electron chi connectivity index (χ1n) is 6.99. The molecule has 0 bridgehead atoms. The third-order valence-electron chi connectivity index (χ3n) is 3.84. The highest BCUT2D eigenvalue weighted by molar-refractivity contribution is 6.06. The zero-order valence-corrected chi connectivity index (χ0v) is 12.6. The molecule has 2 aliphatic heterocycles. The molecule has 1 aromatic carbocycles. The van der Waals surface area contributed by atoms with Crippen LogP contribution in [-0.4, -0.2) is 30.6 Å². The second-order valence-corrected chi connectivity index (χ2v) is 6.19. The zero-order chi connectivity index (χ0) is 15.4. The highest BCUT2D eigenvalue weighted by Gasteiger charge is 2.40. The Morgan fingerprint density at radius 3 is 2.71 bits per heavy atom. The molecule has 0 aromatic heterocycles. The predicted molar refractivity (Wildman–Crippen MR) is 75.2 cm³/mol. The second-order valence-electron chi connectivity index (χ2n) is 6.19. The molecule has 5 heteroatoms. The molecular weight excluding hydrogens is 272 g/mol. The SMILES string of the molecule is COc1cc2c(c3c1OC(C)(C)CC3=O)CC(C)OC2=O. The summed E-state index contributed by atoms with van der Waals surface area (Å²) in [6.07, 6.45) is 0.552. The molecule has 0 saturated heterocycles. The first-order chi connectivity index (χ1) is 9.82. The van der Waals surface area contributed by atoms with Gasteiger partial charge in [0.05, 0.1) is 24.7 Å². The van der Waals surface area contributed by atoms with Crippen LogP contribution in [0.3, 0.4) is 0 Å². The topological polar surface area (TPSA) is 61.8 Å². The van der Waals surface area contributed by atoms with E-state index < -0.39 is 11.6 Å². The summed E-state index contributed by atoms with van der Waals surface area (Å²) in [6, 6.07) is 1.61. The van der Waals surface area contributed by atoms with Gasteiger partial charge in [0.15, 0.2) is 17.3 Å². The van der Waals surface area contributed by atoms with Crippen LogP contribution in [0.25, 0.3) is 0 Å². The minimum atomic E-state index is -0.577. The van der Waals surface area contributed by atoms with Gasteiger partial charge in [-0.3, -0.25) is 4.79 Å². The summed E-state index contributed by atoms with van der Waals surface area (Å²) >= 11 is 0. The summed E-state index contributed by atoms with van der Waals surface area (Å²) in [5.74, 6) is 0.413. The van der Waals surface area contributed by atoms with Gasteiger partial charge in [-0.05, 0) is 32.4 Å². The average Bonchev–Trinajstić information content (AvgIpc) is 2.35. The van der Waals surface area contributed by atoms with E-state index in [4.69, 9.17) is 14.2 Å². The Morgan fingerprint density at radius 1 is 1.33 bits per heavy atom. The van der Waals surface area contributed by atoms with E-state index in [0.29, 0.717) is 29.0 Å². The van der Waals surface area contributed by atoms with Crippen molar-refractivity contribution < 1.29 is 23.8 Å². The van der Waals surface area contributed by atoms with Crippen molar-refractivity contribution in [3.8, 4) is 11.5 Å². The lowest BCUT2D eigenvalue weighted by Gasteiger charge is -2.35. The van der Waals surface area contributed by atoms with Crippen LogP contribution >= 0.6 is 0 Å². The average molecular weight is 290 g/mol. The number of benzene rings is 1. The number of hydrogen-bond acceptors (Lipinski definition) is 5. The fourth-order valence-electron chi connectivity index (χ4n) is 2.98. The molecule has 1 aromatic rings. The molecule has 3 rings (SSSR count). The number of carbonyl (C=O) groups is 2. The molecule has 0 N–H and O–H groups in total. The van der Waals surface area contributed by atoms with Crippen LogP contribution in [0.1, 0.15) is 53.5 Å². The van der Waals surface area contributed by atoms with E-state index in [0.717, 1.165) is 5.56 Å². The number of carbonyl (C=O) groups excluding carboxylic acids is 2. The Morgan fingerprint density at radius 2 is 2.05 bits per heavy atom. The van der Waals surface area contributed by atoms with E-state index in [1.165, 1.54) is 7.11 Å². The minimum Gasteiger partial charge on any atom is -0.493 e. The van der Waals surface area contributed by atoms with Crippen LogP contribution in [0.2, 0.25) is 0 Å². The lowest BCUT2D eigenvalue weighted by molar-refractivity contribution is 0.0296. The van der Waals surface area contributed by atoms with Gasteiger partial charge in [0.2, 0.25) is 0 Å². The first-order valence-corrected chi connectivity index (χ1v) is 6.99. The summed E-state index contributed by atoms with van der Waals surface area (Å²) in [6.45, 7) is 5.54.